The molecule has 0 spiro atoms. The first-order chi connectivity index (χ1) is 11.2. The number of aliphatic imine (C=N–C) groups is 1. The molecule has 0 aliphatic rings. The molecule has 5 nitrogen and oxygen atoms in total. The SMILES string of the molecule is CCC(C)NC(=NCC(=O)N(C)C)NC(C)c1ccc(C)c(F)c1. The molecule has 0 radical (unpaired) electrons. The number of benzene rings is 1. The fourth-order valence-electron chi connectivity index (χ4n) is 1.92. The number of halogens is 1. The van der Waals surface area contributed by atoms with E-state index in [1.54, 1.807) is 27.1 Å². The normalized spacial score (nSPS) is 14.0. The van der Waals surface area contributed by atoms with Crippen molar-refractivity contribution in [2.45, 2.75) is 46.2 Å². The molecule has 24 heavy (non-hydrogen) atoms. The Morgan fingerprint density at radius 2 is 1.96 bits per heavy atom. The summed E-state index contributed by atoms with van der Waals surface area (Å²) in [6.45, 7) is 7.85. The van der Waals surface area contributed by atoms with E-state index in [0.717, 1.165) is 12.0 Å². The molecule has 1 aromatic rings. The van der Waals surface area contributed by atoms with E-state index in [2.05, 4.69) is 22.5 Å². The maximum atomic E-state index is 13.8. The van der Waals surface area contributed by atoms with Crippen molar-refractivity contribution >= 4 is 11.9 Å². The van der Waals surface area contributed by atoms with Gasteiger partial charge in [0.2, 0.25) is 5.91 Å². The van der Waals surface area contributed by atoms with E-state index < -0.39 is 0 Å². The van der Waals surface area contributed by atoms with Gasteiger partial charge < -0.3 is 15.5 Å². The van der Waals surface area contributed by atoms with E-state index >= 15 is 0 Å². The largest absolute Gasteiger partial charge is 0.354 e. The Bertz CT molecular complexity index is 586. The topological polar surface area (TPSA) is 56.7 Å². The van der Waals surface area contributed by atoms with E-state index in [-0.39, 0.29) is 30.4 Å². The molecule has 2 N–H and O–H groups in total. The first-order valence-corrected chi connectivity index (χ1v) is 8.28. The van der Waals surface area contributed by atoms with E-state index in [0.29, 0.717) is 11.5 Å². The van der Waals surface area contributed by atoms with Crippen molar-refractivity contribution < 1.29 is 9.18 Å². The first-order valence-electron chi connectivity index (χ1n) is 8.28. The molecule has 1 amide bonds. The van der Waals surface area contributed by atoms with Crippen LogP contribution in [0.4, 0.5) is 4.39 Å². The summed E-state index contributed by atoms with van der Waals surface area (Å²) in [6.07, 6.45) is 0.926. The number of amides is 1. The van der Waals surface area contributed by atoms with Crippen molar-refractivity contribution in [1.29, 1.82) is 0 Å². The highest BCUT2D eigenvalue weighted by molar-refractivity contribution is 5.85. The lowest BCUT2D eigenvalue weighted by atomic mass is 10.1. The Kier molecular flexibility index (Phi) is 7.68. The fourth-order valence-corrected chi connectivity index (χ4v) is 1.92. The quantitative estimate of drug-likeness (QED) is 0.620. The standard InChI is InChI=1S/C18H29FN4O/c1-7-13(3)21-18(20-11-17(24)23(5)6)22-14(4)15-9-8-12(2)16(19)10-15/h8-10,13-14H,7,11H2,1-6H3,(H2,20,21,22). The van der Waals surface area contributed by atoms with Gasteiger partial charge in [-0.1, -0.05) is 19.1 Å². The molecule has 0 aliphatic carbocycles. The van der Waals surface area contributed by atoms with Gasteiger partial charge >= 0.3 is 0 Å². The second-order valence-corrected chi connectivity index (χ2v) is 6.28. The van der Waals surface area contributed by atoms with Crippen LogP contribution in [-0.2, 0) is 4.79 Å². The highest BCUT2D eigenvalue weighted by Gasteiger charge is 2.12. The molecule has 0 bridgehead atoms. The maximum absolute atomic E-state index is 13.8. The van der Waals surface area contributed by atoms with Gasteiger partial charge in [-0.05, 0) is 44.4 Å². The zero-order valence-electron chi connectivity index (χ0n) is 15.5. The van der Waals surface area contributed by atoms with Gasteiger partial charge in [0.25, 0.3) is 0 Å². The van der Waals surface area contributed by atoms with E-state index in [1.165, 1.54) is 11.0 Å². The second-order valence-electron chi connectivity index (χ2n) is 6.28. The van der Waals surface area contributed by atoms with Crippen LogP contribution in [-0.4, -0.2) is 43.4 Å². The lowest BCUT2D eigenvalue weighted by Crippen LogP contribution is -2.43. The van der Waals surface area contributed by atoms with Crippen LogP contribution >= 0.6 is 0 Å². The summed E-state index contributed by atoms with van der Waals surface area (Å²) in [7, 11) is 3.40. The average molecular weight is 336 g/mol. The van der Waals surface area contributed by atoms with Gasteiger partial charge in [-0.25, -0.2) is 9.38 Å². The summed E-state index contributed by atoms with van der Waals surface area (Å²) in [4.78, 5) is 17.6. The molecule has 0 heterocycles. The summed E-state index contributed by atoms with van der Waals surface area (Å²) in [5, 5.41) is 6.50. The third kappa shape index (κ3) is 6.18. The van der Waals surface area contributed by atoms with E-state index in [9.17, 15) is 9.18 Å². The minimum atomic E-state index is -0.225. The molecule has 0 fully saturated rings. The minimum absolute atomic E-state index is 0.0632. The second kappa shape index (κ2) is 9.25. The van der Waals surface area contributed by atoms with Gasteiger partial charge in [-0.15, -0.1) is 0 Å². The Balaban J connectivity index is 2.87. The fraction of sp³-hybridized carbons (Fsp3) is 0.556. The highest BCUT2D eigenvalue weighted by atomic mass is 19.1. The predicted molar refractivity (Wildman–Crippen MR) is 96.6 cm³/mol. The summed E-state index contributed by atoms with van der Waals surface area (Å²) < 4.78 is 13.8. The number of rotatable bonds is 6. The average Bonchev–Trinajstić information content (AvgIpc) is 2.54. The summed E-state index contributed by atoms with van der Waals surface area (Å²) >= 11 is 0. The first kappa shape index (κ1) is 19.9. The molecule has 2 atom stereocenters. The molecule has 1 aromatic carbocycles. The van der Waals surface area contributed by atoms with Crippen LogP contribution in [0.2, 0.25) is 0 Å². The van der Waals surface area contributed by atoms with Gasteiger partial charge in [0, 0.05) is 20.1 Å². The Morgan fingerprint density at radius 1 is 1.29 bits per heavy atom. The lowest BCUT2D eigenvalue weighted by Gasteiger charge is -2.22. The van der Waals surface area contributed by atoms with E-state index in [4.69, 9.17) is 0 Å². The van der Waals surface area contributed by atoms with Crippen LogP contribution in [0.1, 0.15) is 44.4 Å². The monoisotopic (exact) mass is 336 g/mol. The zero-order chi connectivity index (χ0) is 18.3. The van der Waals surface area contributed by atoms with Crippen molar-refractivity contribution in [3.8, 4) is 0 Å². The van der Waals surface area contributed by atoms with Crippen molar-refractivity contribution in [2.24, 2.45) is 4.99 Å². The number of nitrogens with one attached hydrogen (secondary N) is 2. The number of guanidine groups is 1. The van der Waals surface area contributed by atoms with Crippen molar-refractivity contribution in [2.75, 3.05) is 20.6 Å². The number of hydrogen-bond acceptors (Lipinski definition) is 2. The van der Waals surface area contributed by atoms with Gasteiger partial charge in [-0.3, -0.25) is 4.79 Å². The van der Waals surface area contributed by atoms with Gasteiger partial charge in [-0.2, -0.15) is 0 Å². The van der Waals surface area contributed by atoms with Crippen LogP contribution in [0.25, 0.3) is 0 Å². The molecular formula is C18H29FN4O. The number of carbonyl (C=O) groups is 1. The highest BCUT2D eigenvalue weighted by Crippen LogP contribution is 2.16. The number of aryl methyl sites for hydroxylation is 1. The molecule has 6 heteroatoms. The van der Waals surface area contributed by atoms with Crippen LogP contribution < -0.4 is 10.6 Å². The van der Waals surface area contributed by atoms with Crippen molar-refractivity contribution in [3.05, 3.63) is 35.1 Å². The van der Waals surface area contributed by atoms with E-state index in [1.807, 2.05) is 19.9 Å². The summed E-state index contributed by atoms with van der Waals surface area (Å²) in [6, 6.07) is 5.26. The maximum Gasteiger partial charge on any atom is 0.243 e. The molecule has 0 saturated carbocycles. The summed E-state index contributed by atoms with van der Waals surface area (Å²) in [5.41, 5.74) is 1.45. The smallest absolute Gasteiger partial charge is 0.243 e. The number of likely N-dealkylation sites (N-methyl/N-ethyl adjacent to an activating group) is 1. The zero-order valence-corrected chi connectivity index (χ0v) is 15.5. The van der Waals surface area contributed by atoms with Crippen LogP contribution in [0.5, 0.6) is 0 Å². The Morgan fingerprint density at radius 3 is 2.50 bits per heavy atom. The lowest BCUT2D eigenvalue weighted by molar-refractivity contribution is -0.127. The number of carbonyl (C=O) groups excluding carboxylic acids is 1. The number of hydrogen-bond donors (Lipinski definition) is 2. The molecule has 2 unspecified atom stereocenters. The minimum Gasteiger partial charge on any atom is -0.354 e. The molecule has 0 aromatic heterocycles. The van der Waals surface area contributed by atoms with Crippen molar-refractivity contribution in [1.82, 2.24) is 15.5 Å². The molecule has 0 saturated heterocycles. The van der Waals surface area contributed by atoms with Gasteiger partial charge in [0.1, 0.15) is 12.4 Å². The summed E-state index contributed by atoms with van der Waals surface area (Å²) in [5.74, 6) is 0.250. The Labute approximate surface area is 144 Å². The molecule has 134 valence electrons. The van der Waals surface area contributed by atoms with Crippen molar-refractivity contribution in [3.63, 3.8) is 0 Å². The number of nitrogens with zero attached hydrogens (tertiary/aromatic N) is 2. The van der Waals surface area contributed by atoms with Crippen LogP contribution in [0.3, 0.4) is 0 Å². The molecule has 1 rings (SSSR count). The Hall–Kier alpha value is -2.11. The molecule has 0 aliphatic heterocycles. The van der Waals surface area contributed by atoms with Crippen LogP contribution in [0.15, 0.2) is 23.2 Å². The van der Waals surface area contributed by atoms with Gasteiger partial charge in [0.15, 0.2) is 5.96 Å². The predicted octanol–water partition coefficient (Wildman–Crippen LogP) is 2.62. The third-order valence-corrected chi connectivity index (χ3v) is 3.92. The van der Waals surface area contributed by atoms with Gasteiger partial charge in [0.05, 0.1) is 6.04 Å². The van der Waals surface area contributed by atoms with Crippen LogP contribution in [0, 0.1) is 12.7 Å². The third-order valence-electron chi connectivity index (χ3n) is 3.92. The molecular weight excluding hydrogens is 307 g/mol.